The number of carbonyl (C=O) groups excluding carboxylic acids is 1. The van der Waals surface area contributed by atoms with E-state index in [1.807, 2.05) is 0 Å². The maximum atomic E-state index is 11.8. The van der Waals surface area contributed by atoms with Crippen molar-refractivity contribution in [1.82, 2.24) is 9.97 Å². The second-order valence-corrected chi connectivity index (χ2v) is 6.47. The normalized spacial score (nSPS) is 12.3. The number of hydrogen-bond acceptors (Lipinski definition) is 7. The van der Waals surface area contributed by atoms with E-state index in [-0.39, 0.29) is 16.9 Å². The van der Waals surface area contributed by atoms with Crippen molar-refractivity contribution < 1.29 is 19.4 Å². The number of esters is 1. The largest absolute Gasteiger partial charge is 0.480 e. The first-order valence-electron chi connectivity index (χ1n) is 5.95. The molecule has 0 saturated heterocycles. The molecular weight excluding hydrogens is 336 g/mol. The molecule has 2 heterocycles. The summed E-state index contributed by atoms with van der Waals surface area (Å²) in [4.78, 5) is 31.5. The summed E-state index contributed by atoms with van der Waals surface area (Å²) >= 11 is 8.33. The van der Waals surface area contributed by atoms with Crippen molar-refractivity contribution in [2.45, 2.75) is 24.3 Å². The number of thiophene rings is 1. The fraction of sp³-hybridized carbons (Fsp3) is 0.333. The number of aliphatic carboxylic acids is 1. The molecule has 0 bridgehead atoms. The third-order valence-electron chi connectivity index (χ3n) is 2.49. The number of carboxylic acid groups (broad SMARTS) is 1. The molecule has 2 rings (SSSR count). The molecule has 0 aromatic carbocycles. The monoisotopic (exact) mass is 346 g/mol. The number of carboxylic acids is 1. The van der Waals surface area contributed by atoms with Crippen molar-refractivity contribution in [1.29, 1.82) is 0 Å². The average molecular weight is 347 g/mol. The van der Waals surface area contributed by atoms with Crippen LogP contribution < -0.4 is 0 Å². The van der Waals surface area contributed by atoms with E-state index in [0.717, 1.165) is 11.8 Å². The van der Waals surface area contributed by atoms with Gasteiger partial charge in [-0.15, -0.1) is 11.3 Å². The number of thioether (sulfide) groups is 1. The van der Waals surface area contributed by atoms with E-state index in [1.165, 1.54) is 18.3 Å². The van der Waals surface area contributed by atoms with Crippen LogP contribution in [0.2, 0.25) is 5.15 Å². The molecule has 2 aromatic rings. The molecule has 112 valence electrons. The van der Waals surface area contributed by atoms with Crippen LogP contribution in [0.25, 0.3) is 10.2 Å². The molecule has 0 aliphatic rings. The standard InChI is InChI=1S/C12H11ClN2O4S2/c1-3-19-11(18)6-4-20-9-7(6)8(13)14-12(15-9)21-5(2)10(16)17/h4-5H,3H2,1-2H3,(H,16,17). The van der Waals surface area contributed by atoms with Gasteiger partial charge in [0.05, 0.1) is 17.6 Å². The SMILES string of the molecule is CCOC(=O)c1csc2nc(SC(C)C(=O)O)nc(Cl)c12. The van der Waals surface area contributed by atoms with E-state index < -0.39 is 17.2 Å². The van der Waals surface area contributed by atoms with Crippen molar-refractivity contribution in [2.75, 3.05) is 6.61 Å². The topological polar surface area (TPSA) is 89.4 Å². The van der Waals surface area contributed by atoms with Gasteiger partial charge in [-0.25, -0.2) is 14.8 Å². The molecule has 2 aromatic heterocycles. The molecule has 0 fully saturated rings. The summed E-state index contributed by atoms with van der Waals surface area (Å²) < 4.78 is 4.95. The number of halogens is 1. The van der Waals surface area contributed by atoms with Gasteiger partial charge in [-0.05, 0) is 13.8 Å². The van der Waals surface area contributed by atoms with Gasteiger partial charge >= 0.3 is 11.9 Å². The molecule has 1 unspecified atom stereocenters. The average Bonchev–Trinajstić information content (AvgIpc) is 2.83. The summed E-state index contributed by atoms with van der Waals surface area (Å²) in [6, 6.07) is 0. The van der Waals surface area contributed by atoms with E-state index in [4.69, 9.17) is 21.4 Å². The second-order valence-electron chi connectivity index (χ2n) is 3.95. The Hall–Kier alpha value is -1.38. The lowest BCUT2D eigenvalue weighted by atomic mass is 10.2. The highest BCUT2D eigenvalue weighted by Gasteiger charge is 2.21. The predicted octanol–water partition coefficient (Wildman–Crippen LogP) is 3.09. The molecule has 6 nitrogen and oxygen atoms in total. The first kappa shape index (κ1) is 16.0. The molecule has 0 saturated carbocycles. The summed E-state index contributed by atoms with van der Waals surface area (Å²) in [6.45, 7) is 3.51. The zero-order valence-electron chi connectivity index (χ0n) is 11.1. The van der Waals surface area contributed by atoms with Gasteiger partial charge in [0.1, 0.15) is 15.2 Å². The number of hydrogen-bond donors (Lipinski definition) is 1. The maximum absolute atomic E-state index is 11.8. The number of nitrogens with zero attached hydrogens (tertiary/aromatic N) is 2. The van der Waals surface area contributed by atoms with Crippen LogP contribution in [0.4, 0.5) is 0 Å². The Balaban J connectivity index is 2.40. The van der Waals surface area contributed by atoms with E-state index >= 15 is 0 Å². The molecule has 0 aliphatic carbocycles. The van der Waals surface area contributed by atoms with Crippen molar-refractivity contribution in [3.8, 4) is 0 Å². The molecule has 1 atom stereocenters. The molecule has 1 N–H and O–H groups in total. The number of rotatable bonds is 5. The first-order valence-corrected chi connectivity index (χ1v) is 8.09. The van der Waals surface area contributed by atoms with Crippen LogP contribution in [0.15, 0.2) is 10.5 Å². The van der Waals surface area contributed by atoms with Crippen LogP contribution in [0.3, 0.4) is 0 Å². The van der Waals surface area contributed by atoms with Crippen LogP contribution in [-0.2, 0) is 9.53 Å². The predicted molar refractivity (Wildman–Crippen MR) is 81.3 cm³/mol. The third kappa shape index (κ3) is 3.45. The highest BCUT2D eigenvalue weighted by Crippen LogP contribution is 2.33. The van der Waals surface area contributed by atoms with Crippen molar-refractivity contribution in [3.05, 3.63) is 16.1 Å². The minimum Gasteiger partial charge on any atom is -0.480 e. The Kier molecular flexibility index (Phi) is 5.02. The molecule has 0 spiro atoms. The van der Waals surface area contributed by atoms with E-state index in [0.29, 0.717) is 15.8 Å². The molecule has 9 heteroatoms. The number of ether oxygens (including phenoxy) is 1. The van der Waals surface area contributed by atoms with Gasteiger partial charge in [0.15, 0.2) is 5.16 Å². The van der Waals surface area contributed by atoms with Crippen LogP contribution in [-0.4, -0.2) is 38.9 Å². The fourth-order valence-corrected chi connectivity index (χ4v) is 3.55. The summed E-state index contributed by atoms with van der Waals surface area (Å²) in [6.07, 6.45) is 0. The lowest BCUT2D eigenvalue weighted by Gasteiger charge is -2.05. The molecule has 0 amide bonds. The zero-order valence-corrected chi connectivity index (χ0v) is 13.5. The van der Waals surface area contributed by atoms with E-state index in [1.54, 1.807) is 12.3 Å². The molecular formula is C12H11ClN2O4S2. The molecule has 0 radical (unpaired) electrons. The number of fused-ring (bicyclic) bond motifs is 1. The van der Waals surface area contributed by atoms with Crippen molar-refractivity contribution in [3.63, 3.8) is 0 Å². The van der Waals surface area contributed by atoms with Gasteiger partial charge in [-0.3, -0.25) is 4.79 Å². The van der Waals surface area contributed by atoms with Gasteiger partial charge in [0, 0.05) is 5.38 Å². The Bertz CT molecular complexity index is 704. The van der Waals surface area contributed by atoms with Crippen LogP contribution in [0, 0.1) is 0 Å². The first-order chi connectivity index (χ1) is 9.93. The number of carbonyl (C=O) groups is 2. The summed E-state index contributed by atoms with van der Waals surface area (Å²) in [5.74, 6) is -1.44. The summed E-state index contributed by atoms with van der Waals surface area (Å²) in [7, 11) is 0. The Morgan fingerprint density at radius 3 is 2.86 bits per heavy atom. The van der Waals surface area contributed by atoms with E-state index in [2.05, 4.69) is 9.97 Å². The maximum Gasteiger partial charge on any atom is 0.339 e. The van der Waals surface area contributed by atoms with Crippen LogP contribution >= 0.6 is 34.7 Å². The van der Waals surface area contributed by atoms with Gasteiger partial charge in [-0.1, -0.05) is 23.4 Å². The third-order valence-corrected chi connectivity index (χ3v) is 4.59. The lowest BCUT2D eigenvalue weighted by molar-refractivity contribution is -0.136. The Morgan fingerprint density at radius 1 is 1.52 bits per heavy atom. The highest BCUT2D eigenvalue weighted by atomic mass is 35.5. The lowest BCUT2D eigenvalue weighted by Crippen LogP contribution is -2.12. The molecule has 21 heavy (non-hydrogen) atoms. The Morgan fingerprint density at radius 2 is 2.24 bits per heavy atom. The highest BCUT2D eigenvalue weighted by molar-refractivity contribution is 8.00. The van der Waals surface area contributed by atoms with Crippen molar-refractivity contribution >= 4 is 56.9 Å². The summed E-state index contributed by atoms with van der Waals surface area (Å²) in [5, 5.41) is 10.6. The molecule has 0 aliphatic heterocycles. The van der Waals surface area contributed by atoms with Crippen LogP contribution in [0.1, 0.15) is 24.2 Å². The number of aromatic nitrogens is 2. The Labute approximate surface area is 133 Å². The van der Waals surface area contributed by atoms with E-state index in [9.17, 15) is 9.59 Å². The van der Waals surface area contributed by atoms with Crippen LogP contribution in [0.5, 0.6) is 0 Å². The summed E-state index contributed by atoms with van der Waals surface area (Å²) in [5.41, 5.74) is 0.324. The van der Waals surface area contributed by atoms with Crippen molar-refractivity contribution in [2.24, 2.45) is 0 Å². The van der Waals surface area contributed by atoms with Gasteiger partial charge in [-0.2, -0.15) is 0 Å². The van der Waals surface area contributed by atoms with Gasteiger partial charge < -0.3 is 9.84 Å². The zero-order chi connectivity index (χ0) is 15.6. The van der Waals surface area contributed by atoms with Gasteiger partial charge in [0.2, 0.25) is 0 Å². The second kappa shape index (κ2) is 6.59. The smallest absolute Gasteiger partial charge is 0.339 e. The fourth-order valence-electron chi connectivity index (χ4n) is 1.50. The minimum absolute atomic E-state index is 0.115. The minimum atomic E-state index is -0.960. The van der Waals surface area contributed by atoms with Gasteiger partial charge in [0.25, 0.3) is 0 Å². The quantitative estimate of drug-likeness (QED) is 0.385.